The Morgan fingerprint density at radius 1 is 0.800 bits per heavy atom. The lowest BCUT2D eigenvalue weighted by molar-refractivity contribution is -0.243. The summed E-state index contributed by atoms with van der Waals surface area (Å²) in [5.41, 5.74) is 2.22. The monoisotopic (exact) mass is 484 g/mol. The van der Waals surface area contributed by atoms with Gasteiger partial charge in [-0.25, -0.2) is 4.79 Å². The number of hydrogen-bond acceptors (Lipinski definition) is 8. The molecule has 0 aromatic heterocycles. The van der Waals surface area contributed by atoms with Gasteiger partial charge in [-0.2, -0.15) is 0 Å². The highest BCUT2D eigenvalue weighted by Crippen LogP contribution is 2.25. The largest absolute Gasteiger partial charge is 0.454 e. The Morgan fingerprint density at radius 2 is 1.20 bits per heavy atom. The van der Waals surface area contributed by atoms with Gasteiger partial charge in [0.25, 0.3) is 0 Å². The molecule has 2 aliphatic rings. The number of esters is 1. The van der Waals surface area contributed by atoms with Crippen LogP contribution in [0.15, 0.2) is 72.8 Å². The molecule has 0 N–H and O–H groups in total. The van der Waals surface area contributed by atoms with Crippen molar-refractivity contribution in [2.24, 2.45) is 0 Å². The Hall–Kier alpha value is -2.59. The maximum atomic E-state index is 12.1. The minimum atomic E-state index is -0.627. The molecule has 0 amide bonds. The van der Waals surface area contributed by atoms with Crippen LogP contribution in [-0.2, 0) is 38.0 Å². The van der Waals surface area contributed by atoms with Crippen molar-refractivity contribution in [1.82, 2.24) is 0 Å². The van der Waals surface area contributed by atoms with Gasteiger partial charge in [-0.1, -0.05) is 67.2 Å². The van der Waals surface area contributed by atoms with Gasteiger partial charge < -0.3 is 33.2 Å². The first-order chi connectivity index (χ1) is 17.1. The second kappa shape index (κ2) is 12.9. The molecular weight excluding hydrogens is 452 g/mol. The summed E-state index contributed by atoms with van der Waals surface area (Å²) >= 11 is 0. The molecule has 0 unspecified atom stereocenters. The normalized spacial score (nSPS) is 25.5. The smallest absolute Gasteiger partial charge is 0.333 e. The Bertz CT molecular complexity index is 855. The van der Waals surface area contributed by atoms with Crippen LogP contribution >= 0.6 is 0 Å². The predicted octanol–water partition coefficient (Wildman–Crippen LogP) is 3.74. The molecule has 0 saturated carbocycles. The lowest BCUT2D eigenvalue weighted by atomic mass is 10.2. The lowest BCUT2D eigenvalue weighted by Gasteiger charge is -2.32. The fourth-order valence-electron chi connectivity index (χ4n) is 3.62. The minimum absolute atomic E-state index is 0.132. The molecule has 2 saturated heterocycles. The zero-order valence-electron chi connectivity index (χ0n) is 19.9. The van der Waals surface area contributed by atoms with E-state index in [1.165, 1.54) is 0 Å². The molecule has 2 aliphatic heterocycles. The van der Waals surface area contributed by atoms with Crippen molar-refractivity contribution >= 4 is 5.97 Å². The van der Waals surface area contributed by atoms with E-state index in [-0.39, 0.29) is 25.4 Å². The van der Waals surface area contributed by atoms with E-state index in [1.807, 2.05) is 60.7 Å². The molecule has 35 heavy (non-hydrogen) atoms. The average Bonchev–Trinajstić information content (AvgIpc) is 2.91. The first kappa shape index (κ1) is 25.5. The summed E-state index contributed by atoms with van der Waals surface area (Å²) in [6.45, 7) is 6.98. The quantitative estimate of drug-likeness (QED) is 0.373. The van der Waals surface area contributed by atoms with Crippen LogP contribution in [0.25, 0.3) is 0 Å². The van der Waals surface area contributed by atoms with Gasteiger partial charge in [0, 0.05) is 16.7 Å². The molecule has 4 rings (SSSR count). The van der Waals surface area contributed by atoms with E-state index in [9.17, 15) is 4.79 Å². The highest BCUT2D eigenvalue weighted by Gasteiger charge is 2.28. The first-order valence-corrected chi connectivity index (χ1v) is 11.7. The Morgan fingerprint density at radius 3 is 1.57 bits per heavy atom. The van der Waals surface area contributed by atoms with Crippen LogP contribution in [0.4, 0.5) is 0 Å². The average molecular weight is 485 g/mol. The fraction of sp³-hybridized carbons (Fsp3) is 0.444. The molecule has 8 heteroatoms. The molecule has 0 spiro atoms. The van der Waals surface area contributed by atoms with Gasteiger partial charge >= 0.3 is 5.97 Å². The van der Waals surface area contributed by atoms with E-state index in [0.29, 0.717) is 32.0 Å². The maximum absolute atomic E-state index is 12.1. The predicted molar refractivity (Wildman–Crippen MR) is 126 cm³/mol. The summed E-state index contributed by atoms with van der Waals surface area (Å²) in [7, 11) is 0. The van der Waals surface area contributed by atoms with E-state index < -0.39 is 24.7 Å². The molecule has 2 heterocycles. The minimum Gasteiger partial charge on any atom is -0.454 e. The van der Waals surface area contributed by atoms with Crippen molar-refractivity contribution in [3.05, 3.63) is 83.9 Å². The van der Waals surface area contributed by atoms with Crippen LogP contribution in [0.2, 0.25) is 0 Å². The van der Waals surface area contributed by atoms with Crippen LogP contribution in [0.5, 0.6) is 0 Å². The summed E-state index contributed by atoms with van der Waals surface area (Å²) in [5, 5.41) is 0. The number of benzene rings is 2. The zero-order valence-corrected chi connectivity index (χ0v) is 19.9. The third kappa shape index (κ3) is 7.70. The van der Waals surface area contributed by atoms with E-state index in [1.54, 1.807) is 6.92 Å². The summed E-state index contributed by atoms with van der Waals surface area (Å²) in [5.74, 6) is -0.497. The fourth-order valence-corrected chi connectivity index (χ4v) is 3.62. The summed E-state index contributed by atoms with van der Waals surface area (Å²) in [4.78, 5) is 12.1. The highest BCUT2D eigenvalue weighted by molar-refractivity contribution is 5.87. The SMILES string of the molecule is C=C(C)C(=O)OC(COC1COC(c2ccccc2)OC1)COC1COC(c2ccccc2)OC1. The third-order valence-corrected chi connectivity index (χ3v) is 5.54. The molecule has 0 atom stereocenters. The Kier molecular flexibility index (Phi) is 9.42. The van der Waals surface area contributed by atoms with Gasteiger partial charge in [-0.05, 0) is 6.92 Å². The van der Waals surface area contributed by atoms with Crippen molar-refractivity contribution < 1.29 is 38.0 Å². The van der Waals surface area contributed by atoms with Crippen LogP contribution in [0, 0.1) is 0 Å². The number of carbonyl (C=O) groups is 1. The molecule has 2 aromatic carbocycles. The Balaban J connectivity index is 1.22. The number of carbonyl (C=O) groups excluding carboxylic acids is 1. The molecule has 188 valence electrons. The summed E-state index contributed by atoms with van der Waals surface area (Å²) < 4.78 is 40.6. The maximum Gasteiger partial charge on any atom is 0.333 e. The Labute approximate surface area is 205 Å². The zero-order chi connectivity index (χ0) is 24.5. The molecule has 0 bridgehead atoms. The van der Waals surface area contributed by atoms with E-state index in [2.05, 4.69) is 6.58 Å². The summed E-state index contributed by atoms with van der Waals surface area (Å²) in [6, 6.07) is 19.5. The van der Waals surface area contributed by atoms with Gasteiger partial charge in [0.2, 0.25) is 0 Å². The number of rotatable bonds is 10. The van der Waals surface area contributed by atoms with Crippen molar-refractivity contribution in [2.45, 2.75) is 37.8 Å². The number of ether oxygens (including phenoxy) is 7. The van der Waals surface area contributed by atoms with Gasteiger partial charge in [0.15, 0.2) is 12.6 Å². The molecule has 0 radical (unpaired) electrons. The molecule has 2 aromatic rings. The van der Waals surface area contributed by atoms with E-state index in [4.69, 9.17) is 33.2 Å². The van der Waals surface area contributed by atoms with Crippen LogP contribution in [0.1, 0.15) is 30.6 Å². The highest BCUT2D eigenvalue weighted by atomic mass is 16.7. The second-order valence-corrected chi connectivity index (χ2v) is 8.54. The van der Waals surface area contributed by atoms with Gasteiger partial charge in [-0.15, -0.1) is 0 Å². The van der Waals surface area contributed by atoms with Crippen molar-refractivity contribution in [1.29, 1.82) is 0 Å². The van der Waals surface area contributed by atoms with Crippen molar-refractivity contribution in [3.63, 3.8) is 0 Å². The third-order valence-electron chi connectivity index (χ3n) is 5.54. The topological polar surface area (TPSA) is 81.7 Å². The molecule has 2 fully saturated rings. The molecular formula is C27H32O8. The lowest BCUT2D eigenvalue weighted by Crippen LogP contribution is -2.40. The second-order valence-electron chi connectivity index (χ2n) is 8.54. The molecule has 0 aliphatic carbocycles. The standard InChI is InChI=1S/C27H32O8/c1-19(2)25(28)35-24(17-29-22-13-31-26(32-14-22)20-9-5-3-6-10-20)18-30-23-15-33-27(34-16-23)21-11-7-4-8-12-21/h3-12,22-24,26-27H,1,13-18H2,2H3. The van der Waals surface area contributed by atoms with E-state index >= 15 is 0 Å². The number of hydrogen-bond donors (Lipinski definition) is 0. The van der Waals surface area contributed by atoms with Crippen LogP contribution in [0.3, 0.4) is 0 Å². The van der Waals surface area contributed by atoms with Crippen LogP contribution in [-0.4, -0.2) is 63.9 Å². The molecule has 8 nitrogen and oxygen atoms in total. The van der Waals surface area contributed by atoms with E-state index in [0.717, 1.165) is 11.1 Å². The van der Waals surface area contributed by atoms with Gasteiger partial charge in [-0.3, -0.25) is 0 Å². The summed E-state index contributed by atoms with van der Waals surface area (Å²) in [6.07, 6.45) is -2.02. The first-order valence-electron chi connectivity index (χ1n) is 11.7. The van der Waals surface area contributed by atoms with Crippen molar-refractivity contribution in [2.75, 3.05) is 39.6 Å². The van der Waals surface area contributed by atoms with Gasteiger partial charge in [0.05, 0.1) is 39.6 Å². The van der Waals surface area contributed by atoms with Gasteiger partial charge in [0.1, 0.15) is 18.3 Å². The van der Waals surface area contributed by atoms with Crippen LogP contribution < -0.4 is 0 Å². The van der Waals surface area contributed by atoms with Crippen molar-refractivity contribution in [3.8, 4) is 0 Å².